The number of phenolic OH excluding ortho intramolecular Hbond substituents is 1. The third kappa shape index (κ3) is 4.21. The summed E-state index contributed by atoms with van der Waals surface area (Å²) in [5, 5.41) is 20.5. The van der Waals surface area contributed by atoms with E-state index < -0.39 is 17.5 Å². The Kier molecular flexibility index (Phi) is 5.94. The summed E-state index contributed by atoms with van der Waals surface area (Å²) in [7, 11) is 1.59. The van der Waals surface area contributed by atoms with Gasteiger partial charge in [-0.25, -0.2) is 14.2 Å². The number of pyridine rings is 1. The van der Waals surface area contributed by atoms with Crippen LogP contribution in [0.2, 0.25) is 0 Å². The van der Waals surface area contributed by atoms with Crippen molar-refractivity contribution in [3.05, 3.63) is 54.0 Å². The number of hydrogen-bond donors (Lipinski definition) is 2. The second-order valence-corrected chi connectivity index (χ2v) is 7.79. The smallest absolute Gasteiger partial charge is 0.344 e. The zero-order chi connectivity index (χ0) is 22.1. The number of aromatic hydroxyl groups is 1. The lowest BCUT2D eigenvalue weighted by molar-refractivity contribution is -0.144. The number of ether oxygens (including phenoxy) is 2. The van der Waals surface area contributed by atoms with Gasteiger partial charge >= 0.3 is 5.97 Å². The highest BCUT2D eigenvalue weighted by Crippen LogP contribution is 2.42. The molecule has 0 fully saturated rings. The number of carboxylic acids is 1. The molecule has 3 rings (SSSR count). The first-order valence-electron chi connectivity index (χ1n) is 9.45. The van der Waals surface area contributed by atoms with E-state index >= 15 is 0 Å². The number of carboxylic acid groups (broad SMARTS) is 1. The number of aliphatic carboxylic acids is 1. The fourth-order valence-electron chi connectivity index (χ4n) is 3.41. The summed E-state index contributed by atoms with van der Waals surface area (Å²) in [6.45, 7) is 5.64. The lowest BCUT2D eigenvalue weighted by Crippen LogP contribution is -2.28. The lowest BCUT2D eigenvalue weighted by Gasteiger charge is -2.28. The highest BCUT2D eigenvalue weighted by Gasteiger charge is 2.30. The second-order valence-electron chi connectivity index (χ2n) is 7.79. The van der Waals surface area contributed by atoms with Crippen LogP contribution in [0.3, 0.4) is 0 Å². The normalized spacial score (nSPS) is 12.7. The van der Waals surface area contributed by atoms with Gasteiger partial charge in [-0.05, 0) is 48.2 Å². The molecular formula is C23H24FNO5. The average molecular weight is 413 g/mol. The molecule has 1 atom stereocenters. The highest BCUT2D eigenvalue weighted by molar-refractivity contribution is 6.01. The molecule has 0 amide bonds. The number of methoxy groups -OCH3 is 1. The first kappa shape index (κ1) is 21.5. The van der Waals surface area contributed by atoms with Crippen LogP contribution in [0.25, 0.3) is 21.9 Å². The van der Waals surface area contributed by atoms with Crippen molar-refractivity contribution < 1.29 is 28.9 Å². The largest absolute Gasteiger partial charge is 0.508 e. The summed E-state index contributed by atoms with van der Waals surface area (Å²) >= 11 is 0. The van der Waals surface area contributed by atoms with Crippen LogP contribution in [0, 0.1) is 5.82 Å². The molecule has 0 radical (unpaired) electrons. The van der Waals surface area contributed by atoms with Gasteiger partial charge in [0.2, 0.25) is 5.88 Å². The van der Waals surface area contributed by atoms with Gasteiger partial charge in [0, 0.05) is 23.5 Å². The summed E-state index contributed by atoms with van der Waals surface area (Å²) in [4.78, 5) is 16.0. The van der Waals surface area contributed by atoms with Crippen molar-refractivity contribution in [1.82, 2.24) is 4.98 Å². The predicted octanol–water partition coefficient (Wildman–Crippen LogP) is 4.52. The molecule has 1 aromatic heterocycles. The summed E-state index contributed by atoms with van der Waals surface area (Å²) in [5.74, 6) is -1.40. The van der Waals surface area contributed by atoms with Crippen molar-refractivity contribution in [2.75, 3.05) is 13.7 Å². The number of halogens is 1. The highest BCUT2D eigenvalue weighted by atomic mass is 19.1. The predicted molar refractivity (Wildman–Crippen MR) is 111 cm³/mol. The number of fused-ring (bicyclic) bond motifs is 1. The van der Waals surface area contributed by atoms with Crippen LogP contribution in [0.1, 0.15) is 26.5 Å². The Labute approximate surface area is 173 Å². The molecule has 3 aromatic rings. The Morgan fingerprint density at radius 3 is 2.43 bits per heavy atom. The zero-order valence-corrected chi connectivity index (χ0v) is 17.3. The van der Waals surface area contributed by atoms with Gasteiger partial charge in [0.15, 0.2) is 6.10 Å². The summed E-state index contributed by atoms with van der Waals surface area (Å²) in [5.41, 5.74) is 1.51. The Hall–Kier alpha value is -3.19. The molecular weight excluding hydrogens is 389 g/mol. The standard InChI is InChI=1S/C23H24FNO5/c1-13(22(27)28)30-21-18-11-16(26)9-10-17(18)19(14-5-7-15(24)8-6-14)20(25-21)23(2,3)12-29-4/h5-11,13,26H,12H2,1-4H3,(H,27,28). The van der Waals surface area contributed by atoms with E-state index in [1.165, 1.54) is 31.2 Å². The molecule has 1 unspecified atom stereocenters. The molecule has 0 spiro atoms. The number of aromatic nitrogens is 1. The number of carbonyl (C=O) groups is 1. The SMILES string of the molecule is COCC(C)(C)c1nc(OC(C)C(=O)O)c2cc(O)ccc2c1-c1ccc(F)cc1. The summed E-state index contributed by atoms with van der Waals surface area (Å²) in [6, 6.07) is 10.8. The lowest BCUT2D eigenvalue weighted by atomic mass is 9.83. The van der Waals surface area contributed by atoms with Gasteiger partial charge < -0.3 is 19.7 Å². The van der Waals surface area contributed by atoms with E-state index in [-0.39, 0.29) is 17.4 Å². The van der Waals surface area contributed by atoms with E-state index in [0.717, 1.165) is 11.1 Å². The van der Waals surface area contributed by atoms with E-state index in [0.29, 0.717) is 23.1 Å². The third-order valence-electron chi connectivity index (χ3n) is 4.87. The van der Waals surface area contributed by atoms with E-state index in [1.54, 1.807) is 25.3 Å². The topological polar surface area (TPSA) is 88.9 Å². The number of phenols is 1. The van der Waals surface area contributed by atoms with Crippen LogP contribution in [-0.2, 0) is 14.9 Å². The zero-order valence-electron chi connectivity index (χ0n) is 17.3. The van der Waals surface area contributed by atoms with Crippen molar-refractivity contribution in [2.24, 2.45) is 0 Å². The first-order chi connectivity index (χ1) is 14.1. The minimum absolute atomic E-state index is 0.00825. The van der Waals surface area contributed by atoms with Gasteiger partial charge in [-0.1, -0.05) is 26.0 Å². The molecule has 2 aromatic carbocycles. The van der Waals surface area contributed by atoms with Crippen LogP contribution in [0.5, 0.6) is 11.6 Å². The van der Waals surface area contributed by atoms with Gasteiger partial charge in [-0.15, -0.1) is 0 Å². The van der Waals surface area contributed by atoms with Gasteiger partial charge in [0.1, 0.15) is 11.6 Å². The van der Waals surface area contributed by atoms with Crippen molar-refractivity contribution in [1.29, 1.82) is 0 Å². The monoisotopic (exact) mass is 413 g/mol. The van der Waals surface area contributed by atoms with Crippen molar-refractivity contribution >= 4 is 16.7 Å². The molecule has 1 heterocycles. The molecule has 2 N–H and O–H groups in total. The second kappa shape index (κ2) is 8.28. The van der Waals surface area contributed by atoms with Crippen LogP contribution >= 0.6 is 0 Å². The Morgan fingerprint density at radius 1 is 1.17 bits per heavy atom. The Morgan fingerprint density at radius 2 is 1.83 bits per heavy atom. The van der Waals surface area contributed by atoms with Crippen molar-refractivity contribution in [3.8, 4) is 22.8 Å². The van der Waals surface area contributed by atoms with Crippen LogP contribution in [0.15, 0.2) is 42.5 Å². The van der Waals surface area contributed by atoms with E-state index in [4.69, 9.17) is 9.47 Å². The van der Waals surface area contributed by atoms with Crippen molar-refractivity contribution in [3.63, 3.8) is 0 Å². The van der Waals surface area contributed by atoms with Gasteiger partial charge in [0.05, 0.1) is 12.3 Å². The quantitative estimate of drug-likeness (QED) is 0.592. The number of hydrogen-bond acceptors (Lipinski definition) is 5. The number of benzene rings is 2. The molecule has 0 saturated heterocycles. The number of rotatable bonds is 7. The maximum Gasteiger partial charge on any atom is 0.344 e. The van der Waals surface area contributed by atoms with E-state index in [9.17, 15) is 19.4 Å². The summed E-state index contributed by atoms with van der Waals surface area (Å²) < 4.78 is 24.6. The molecule has 0 saturated carbocycles. The third-order valence-corrected chi connectivity index (χ3v) is 4.87. The molecule has 30 heavy (non-hydrogen) atoms. The minimum Gasteiger partial charge on any atom is -0.508 e. The summed E-state index contributed by atoms with van der Waals surface area (Å²) in [6.07, 6.45) is -1.14. The van der Waals surface area contributed by atoms with Crippen LogP contribution in [0.4, 0.5) is 4.39 Å². The van der Waals surface area contributed by atoms with E-state index in [1.807, 2.05) is 13.8 Å². The Bertz CT molecular complexity index is 1080. The van der Waals surface area contributed by atoms with Gasteiger partial charge in [-0.2, -0.15) is 0 Å². The molecule has 0 bridgehead atoms. The first-order valence-corrected chi connectivity index (χ1v) is 9.45. The molecule has 7 heteroatoms. The van der Waals surface area contributed by atoms with Crippen LogP contribution in [-0.4, -0.2) is 41.0 Å². The fourth-order valence-corrected chi connectivity index (χ4v) is 3.41. The van der Waals surface area contributed by atoms with E-state index in [2.05, 4.69) is 4.98 Å². The molecule has 158 valence electrons. The number of nitrogens with zero attached hydrogens (tertiary/aromatic N) is 1. The minimum atomic E-state index is -1.14. The maximum absolute atomic E-state index is 13.6. The molecule has 0 aliphatic heterocycles. The maximum atomic E-state index is 13.6. The van der Waals surface area contributed by atoms with Crippen LogP contribution < -0.4 is 4.74 Å². The molecule has 0 aliphatic carbocycles. The molecule has 6 nitrogen and oxygen atoms in total. The van der Waals surface area contributed by atoms with Gasteiger partial charge in [-0.3, -0.25) is 0 Å². The molecule has 0 aliphatic rings. The fraction of sp³-hybridized carbons (Fsp3) is 0.304. The Balaban J connectivity index is 2.39. The van der Waals surface area contributed by atoms with Crippen molar-refractivity contribution in [2.45, 2.75) is 32.3 Å². The average Bonchev–Trinajstić information content (AvgIpc) is 2.68. The van der Waals surface area contributed by atoms with Gasteiger partial charge in [0.25, 0.3) is 0 Å².